The molecule has 0 saturated carbocycles. The zero-order valence-electron chi connectivity index (χ0n) is 17.5. The summed E-state index contributed by atoms with van der Waals surface area (Å²) in [5.74, 6) is -0.159. The second kappa shape index (κ2) is 8.69. The fraction of sp³-hybridized carbons (Fsp3) is 0.455. The predicted molar refractivity (Wildman–Crippen MR) is 112 cm³/mol. The van der Waals surface area contributed by atoms with Crippen molar-refractivity contribution >= 4 is 17.4 Å². The number of aromatic hydroxyl groups is 1. The molecule has 7 nitrogen and oxygen atoms in total. The molecule has 7 heteroatoms. The Morgan fingerprint density at radius 1 is 1.17 bits per heavy atom. The zero-order valence-corrected chi connectivity index (χ0v) is 17.5. The molecule has 0 spiro atoms. The van der Waals surface area contributed by atoms with E-state index in [9.17, 15) is 14.7 Å². The highest BCUT2D eigenvalue weighted by Crippen LogP contribution is 2.28. The van der Waals surface area contributed by atoms with E-state index in [-0.39, 0.29) is 17.6 Å². The number of hydrogen-bond donors (Lipinski definition) is 2. The standard InChI is InChI=1S/C22H29N3O4/c1-5-29-22(28)19-14(2)20(23-15(19)3)21(27)16(4)24-10-12-25(13-11-24)17-8-6-7-9-18(17)26/h6-9,16,23,26H,5,10-13H2,1-4H3. The Bertz CT molecular complexity index is 897. The van der Waals surface area contributed by atoms with Gasteiger partial charge in [-0.25, -0.2) is 4.79 Å². The van der Waals surface area contributed by atoms with Crippen molar-refractivity contribution in [2.24, 2.45) is 0 Å². The number of H-pyrrole nitrogens is 1. The maximum absolute atomic E-state index is 13.1. The van der Waals surface area contributed by atoms with Gasteiger partial charge >= 0.3 is 5.97 Å². The van der Waals surface area contributed by atoms with Gasteiger partial charge in [0.15, 0.2) is 5.78 Å². The van der Waals surface area contributed by atoms with Crippen LogP contribution in [-0.4, -0.2) is 65.6 Å². The quantitative estimate of drug-likeness (QED) is 0.574. The third kappa shape index (κ3) is 4.15. The lowest BCUT2D eigenvalue weighted by atomic mass is 10.0. The first-order chi connectivity index (χ1) is 13.8. The molecule has 1 saturated heterocycles. The Morgan fingerprint density at radius 3 is 2.45 bits per heavy atom. The van der Waals surface area contributed by atoms with E-state index < -0.39 is 5.97 Å². The number of aryl methyl sites for hydroxylation is 1. The third-order valence-corrected chi connectivity index (χ3v) is 5.63. The Morgan fingerprint density at radius 2 is 1.83 bits per heavy atom. The Balaban J connectivity index is 1.70. The molecule has 0 bridgehead atoms. The number of Topliss-reactive ketones (excluding diaryl/α,β-unsaturated/α-hetero) is 1. The molecule has 0 amide bonds. The summed E-state index contributed by atoms with van der Waals surface area (Å²) in [6, 6.07) is 6.99. The van der Waals surface area contributed by atoms with Crippen molar-refractivity contribution in [3.05, 3.63) is 46.8 Å². The number of rotatable bonds is 6. The molecule has 1 aliphatic heterocycles. The van der Waals surface area contributed by atoms with Crippen LogP contribution in [0.4, 0.5) is 5.69 Å². The SMILES string of the molecule is CCOC(=O)c1c(C)[nH]c(C(=O)C(C)N2CCN(c3ccccc3O)CC2)c1C. The summed E-state index contributed by atoms with van der Waals surface area (Å²) in [5.41, 5.74) is 3.04. The molecule has 29 heavy (non-hydrogen) atoms. The van der Waals surface area contributed by atoms with E-state index in [2.05, 4.69) is 14.8 Å². The first-order valence-corrected chi connectivity index (χ1v) is 10.0. The largest absolute Gasteiger partial charge is 0.506 e. The first-order valence-electron chi connectivity index (χ1n) is 10.0. The maximum Gasteiger partial charge on any atom is 0.340 e. The molecule has 1 fully saturated rings. The number of carbonyl (C=O) groups excluding carboxylic acids is 2. The van der Waals surface area contributed by atoms with Crippen molar-refractivity contribution < 1.29 is 19.4 Å². The van der Waals surface area contributed by atoms with Gasteiger partial charge in [-0.05, 0) is 45.4 Å². The van der Waals surface area contributed by atoms with Gasteiger partial charge in [-0.2, -0.15) is 0 Å². The number of ether oxygens (including phenoxy) is 1. The molecule has 0 aliphatic carbocycles. The van der Waals surface area contributed by atoms with Gasteiger partial charge in [-0.15, -0.1) is 0 Å². The molecule has 3 rings (SSSR count). The maximum atomic E-state index is 13.1. The number of nitrogens with one attached hydrogen (secondary N) is 1. The summed E-state index contributed by atoms with van der Waals surface area (Å²) in [6.45, 7) is 10.4. The van der Waals surface area contributed by atoms with Gasteiger partial charge in [0.05, 0.1) is 29.6 Å². The molecule has 2 N–H and O–H groups in total. The van der Waals surface area contributed by atoms with Gasteiger partial charge in [-0.1, -0.05) is 12.1 Å². The summed E-state index contributed by atoms with van der Waals surface area (Å²) in [7, 11) is 0. The molecule has 0 radical (unpaired) electrons. The van der Waals surface area contributed by atoms with Crippen LogP contribution >= 0.6 is 0 Å². The molecule has 2 aromatic rings. The van der Waals surface area contributed by atoms with Crippen molar-refractivity contribution in [2.45, 2.75) is 33.7 Å². The average molecular weight is 399 g/mol. The van der Waals surface area contributed by atoms with E-state index in [1.807, 2.05) is 19.1 Å². The third-order valence-electron chi connectivity index (χ3n) is 5.63. The molecule has 156 valence electrons. The van der Waals surface area contributed by atoms with Crippen LogP contribution in [0.3, 0.4) is 0 Å². The summed E-state index contributed by atoms with van der Waals surface area (Å²) in [5, 5.41) is 10.1. The van der Waals surface area contributed by atoms with E-state index >= 15 is 0 Å². The lowest BCUT2D eigenvalue weighted by Gasteiger charge is -2.38. The molecule has 1 atom stereocenters. The number of carbonyl (C=O) groups is 2. The molecule has 1 unspecified atom stereocenters. The highest BCUT2D eigenvalue weighted by molar-refractivity contribution is 6.03. The molecular formula is C22H29N3O4. The van der Waals surface area contributed by atoms with Crippen molar-refractivity contribution in [3.63, 3.8) is 0 Å². The number of ketones is 1. The highest BCUT2D eigenvalue weighted by atomic mass is 16.5. The summed E-state index contributed by atoms with van der Waals surface area (Å²) < 4.78 is 5.12. The number of para-hydroxylation sites is 2. The number of phenols is 1. The Labute approximate surface area is 171 Å². The fourth-order valence-corrected chi connectivity index (χ4v) is 3.96. The molecule has 1 aromatic heterocycles. The van der Waals surface area contributed by atoms with Crippen LogP contribution in [0.5, 0.6) is 5.75 Å². The topological polar surface area (TPSA) is 85.9 Å². The zero-order chi connectivity index (χ0) is 21.1. The monoisotopic (exact) mass is 399 g/mol. The number of esters is 1. The first kappa shape index (κ1) is 20.9. The van der Waals surface area contributed by atoms with Gasteiger partial charge in [0.1, 0.15) is 5.75 Å². The van der Waals surface area contributed by atoms with Crippen molar-refractivity contribution in [1.29, 1.82) is 0 Å². The van der Waals surface area contributed by atoms with Crippen molar-refractivity contribution in [3.8, 4) is 5.75 Å². The van der Waals surface area contributed by atoms with Gasteiger partial charge < -0.3 is 19.7 Å². The normalized spacial score (nSPS) is 15.9. The van der Waals surface area contributed by atoms with E-state index in [0.717, 1.165) is 18.8 Å². The number of piperazine rings is 1. The van der Waals surface area contributed by atoms with Crippen LogP contribution in [-0.2, 0) is 4.74 Å². The minimum Gasteiger partial charge on any atom is -0.506 e. The Kier molecular flexibility index (Phi) is 6.27. The molecule has 1 aliphatic rings. The number of nitrogens with zero attached hydrogens (tertiary/aromatic N) is 2. The summed E-state index contributed by atoms with van der Waals surface area (Å²) in [4.78, 5) is 32.7. The van der Waals surface area contributed by atoms with Crippen LogP contribution in [0, 0.1) is 13.8 Å². The summed E-state index contributed by atoms with van der Waals surface area (Å²) in [6.07, 6.45) is 0. The molecular weight excluding hydrogens is 370 g/mol. The van der Waals surface area contributed by atoms with Gasteiger partial charge in [0, 0.05) is 31.9 Å². The number of hydrogen-bond acceptors (Lipinski definition) is 6. The minimum atomic E-state index is -0.401. The van der Waals surface area contributed by atoms with Crippen LogP contribution < -0.4 is 4.90 Å². The van der Waals surface area contributed by atoms with E-state index in [1.165, 1.54) is 0 Å². The van der Waals surface area contributed by atoms with Crippen LogP contribution in [0.15, 0.2) is 24.3 Å². The van der Waals surface area contributed by atoms with Gasteiger partial charge in [-0.3, -0.25) is 9.69 Å². The fourth-order valence-electron chi connectivity index (χ4n) is 3.96. The van der Waals surface area contributed by atoms with Crippen LogP contribution in [0.1, 0.15) is 46.0 Å². The number of aromatic nitrogens is 1. The van der Waals surface area contributed by atoms with Gasteiger partial charge in [0.25, 0.3) is 0 Å². The molecule has 1 aromatic carbocycles. The van der Waals surface area contributed by atoms with Crippen molar-refractivity contribution in [1.82, 2.24) is 9.88 Å². The van der Waals surface area contributed by atoms with E-state index in [4.69, 9.17) is 4.74 Å². The number of anilines is 1. The minimum absolute atomic E-state index is 0.0304. The second-order valence-corrected chi connectivity index (χ2v) is 7.40. The highest BCUT2D eigenvalue weighted by Gasteiger charge is 2.30. The number of phenolic OH excluding ortho intramolecular Hbond substituents is 1. The second-order valence-electron chi connectivity index (χ2n) is 7.40. The van der Waals surface area contributed by atoms with Gasteiger partial charge in [0.2, 0.25) is 0 Å². The Hall–Kier alpha value is -2.80. The van der Waals surface area contributed by atoms with E-state index in [0.29, 0.717) is 42.2 Å². The predicted octanol–water partition coefficient (Wildman–Crippen LogP) is 2.91. The lowest BCUT2D eigenvalue weighted by Crippen LogP contribution is -2.51. The number of benzene rings is 1. The van der Waals surface area contributed by atoms with Crippen LogP contribution in [0.2, 0.25) is 0 Å². The van der Waals surface area contributed by atoms with Crippen molar-refractivity contribution in [2.75, 3.05) is 37.7 Å². The number of aromatic amines is 1. The van der Waals surface area contributed by atoms with Crippen LogP contribution in [0.25, 0.3) is 0 Å². The lowest BCUT2D eigenvalue weighted by molar-refractivity contribution is 0.0525. The average Bonchev–Trinajstić information content (AvgIpc) is 3.01. The smallest absolute Gasteiger partial charge is 0.340 e. The molecule has 2 heterocycles. The summed E-state index contributed by atoms with van der Waals surface area (Å²) >= 11 is 0. The van der Waals surface area contributed by atoms with E-state index in [1.54, 1.807) is 32.9 Å².